The van der Waals surface area contributed by atoms with Crippen LogP contribution in [0.15, 0.2) is 12.4 Å². The van der Waals surface area contributed by atoms with Crippen molar-refractivity contribution in [3.8, 4) is 5.88 Å². The molecule has 0 amide bonds. The average Bonchev–Trinajstić information content (AvgIpc) is 2.16. The van der Waals surface area contributed by atoms with Crippen molar-refractivity contribution in [1.29, 1.82) is 0 Å². The largest absolute Gasteiger partial charge is 0.480 e. The number of rotatable bonds is 5. The molecule has 0 atom stereocenters. The summed E-state index contributed by atoms with van der Waals surface area (Å²) < 4.78 is 5.38. The summed E-state index contributed by atoms with van der Waals surface area (Å²) >= 11 is 0. The van der Waals surface area contributed by atoms with Crippen LogP contribution in [-0.4, -0.2) is 40.7 Å². The third-order valence-corrected chi connectivity index (χ3v) is 1.75. The van der Waals surface area contributed by atoms with Crippen LogP contribution in [0.1, 0.15) is 13.8 Å². The second-order valence-electron chi connectivity index (χ2n) is 3.63. The molecule has 0 aromatic carbocycles. The van der Waals surface area contributed by atoms with Crippen molar-refractivity contribution < 1.29 is 14.6 Å². The van der Waals surface area contributed by atoms with Gasteiger partial charge in [-0.3, -0.25) is 4.79 Å². The van der Waals surface area contributed by atoms with Crippen molar-refractivity contribution in [2.45, 2.75) is 20.0 Å². The van der Waals surface area contributed by atoms with Crippen LogP contribution in [0.5, 0.6) is 5.88 Å². The third kappa shape index (κ3) is 3.72. The highest BCUT2D eigenvalue weighted by atomic mass is 16.5. The lowest BCUT2D eigenvalue weighted by atomic mass is 10.4. The lowest BCUT2D eigenvalue weighted by Gasteiger charge is -2.16. The molecule has 88 valence electrons. The van der Waals surface area contributed by atoms with Gasteiger partial charge < -0.3 is 14.7 Å². The summed E-state index contributed by atoms with van der Waals surface area (Å²) in [5.41, 5.74) is 0. The minimum atomic E-state index is -0.910. The molecule has 1 aromatic rings. The summed E-state index contributed by atoms with van der Waals surface area (Å²) in [5, 5.41) is 8.64. The minimum Gasteiger partial charge on any atom is -0.480 e. The number of carboxylic acids is 1. The van der Waals surface area contributed by atoms with E-state index in [4.69, 9.17) is 9.84 Å². The molecule has 0 aliphatic heterocycles. The molecule has 1 heterocycles. The maximum Gasteiger partial charge on any atom is 0.323 e. The van der Waals surface area contributed by atoms with Crippen LogP contribution in [0.2, 0.25) is 0 Å². The van der Waals surface area contributed by atoms with Crippen LogP contribution in [0.25, 0.3) is 0 Å². The topological polar surface area (TPSA) is 75.5 Å². The quantitative estimate of drug-likeness (QED) is 0.798. The van der Waals surface area contributed by atoms with Crippen LogP contribution in [0, 0.1) is 0 Å². The molecule has 16 heavy (non-hydrogen) atoms. The van der Waals surface area contributed by atoms with Gasteiger partial charge in [0.1, 0.15) is 18.7 Å². The van der Waals surface area contributed by atoms with Gasteiger partial charge in [-0.25, -0.2) is 9.97 Å². The smallest absolute Gasteiger partial charge is 0.323 e. The summed E-state index contributed by atoms with van der Waals surface area (Å²) in [6.07, 6.45) is 1.37. The first-order chi connectivity index (χ1) is 7.49. The van der Waals surface area contributed by atoms with E-state index in [9.17, 15) is 4.79 Å². The number of ether oxygens (including phenoxy) is 1. The highest BCUT2D eigenvalue weighted by molar-refractivity contribution is 5.72. The summed E-state index contributed by atoms with van der Waals surface area (Å²) in [6.45, 7) is 3.67. The van der Waals surface area contributed by atoms with Crippen LogP contribution in [-0.2, 0) is 4.79 Å². The Morgan fingerprint density at radius 1 is 1.56 bits per heavy atom. The van der Waals surface area contributed by atoms with Crippen molar-refractivity contribution >= 4 is 11.8 Å². The molecule has 0 saturated heterocycles. The summed E-state index contributed by atoms with van der Waals surface area (Å²) in [6, 6.07) is 1.61. The molecule has 0 aliphatic carbocycles. The van der Waals surface area contributed by atoms with E-state index in [1.807, 2.05) is 13.8 Å². The fourth-order valence-electron chi connectivity index (χ4n) is 1.13. The summed E-state index contributed by atoms with van der Waals surface area (Å²) in [4.78, 5) is 19.9. The molecule has 0 fully saturated rings. The average molecular weight is 225 g/mol. The number of anilines is 1. The molecule has 6 heteroatoms. The van der Waals surface area contributed by atoms with Gasteiger partial charge in [0.15, 0.2) is 0 Å². The Labute approximate surface area is 93.9 Å². The molecule has 1 rings (SSSR count). The van der Waals surface area contributed by atoms with Gasteiger partial charge in [-0.15, -0.1) is 0 Å². The van der Waals surface area contributed by atoms with Gasteiger partial charge in [0.05, 0.1) is 6.10 Å². The van der Waals surface area contributed by atoms with Gasteiger partial charge in [-0.1, -0.05) is 0 Å². The molecule has 1 aromatic heterocycles. The van der Waals surface area contributed by atoms with Crippen molar-refractivity contribution in [3.05, 3.63) is 12.4 Å². The van der Waals surface area contributed by atoms with E-state index in [1.165, 1.54) is 11.2 Å². The molecule has 6 nitrogen and oxygen atoms in total. The van der Waals surface area contributed by atoms with Crippen LogP contribution < -0.4 is 9.64 Å². The molecule has 0 radical (unpaired) electrons. The zero-order valence-electron chi connectivity index (χ0n) is 9.54. The number of aromatic nitrogens is 2. The van der Waals surface area contributed by atoms with Gasteiger partial charge in [0, 0.05) is 13.1 Å². The number of carboxylic acid groups (broad SMARTS) is 1. The Balaban J connectivity index is 2.77. The Bertz CT molecular complexity index is 368. The highest BCUT2D eigenvalue weighted by Gasteiger charge is 2.09. The second-order valence-corrected chi connectivity index (χ2v) is 3.63. The zero-order chi connectivity index (χ0) is 12.1. The third-order valence-electron chi connectivity index (χ3n) is 1.75. The fourth-order valence-corrected chi connectivity index (χ4v) is 1.13. The van der Waals surface area contributed by atoms with Gasteiger partial charge in [0.25, 0.3) is 0 Å². The van der Waals surface area contributed by atoms with Crippen LogP contribution in [0.3, 0.4) is 0 Å². The number of hydrogen-bond acceptors (Lipinski definition) is 5. The van der Waals surface area contributed by atoms with Crippen molar-refractivity contribution in [1.82, 2.24) is 9.97 Å². The van der Waals surface area contributed by atoms with Crippen LogP contribution in [0.4, 0.5) is 5.82 Å². The van der Waals surface area contributed by atoms with E-state index in [0.717, 1.165) is 0 Å². The van der Waals surface area contributed by atoms with Crippen molar-refractivity contribution in [3.63, 3.8) is 0 Å². The highest BCUT2D eigenvalue weighted by Crippen LogP contribution is 2.15. The molecule has 0 unspecified atom stereocenters. The Morgan fingerprint density at radius 3 is 2.81 bits per heavy atom. The minimum absolute atomic E-state index is 0.0209. The van der Waals surface area contributed by atoms with Crippen LogP contribution >= 0.6 is 0 Å². The first kappa shape index (κ1) is 12.2. The maximum atomic E-state index is 10.5. The predicted octanol–water partition coefficient (Wildman–Crippen LogP) is 0.785. The fraction of sp³-hybridized carbons (Fsp3) is 0.500. The van der Waals surface area contributed by atoms with Gasteiger partial charge >= 0.3 is 5.97 Å². The molecule has 0 spiro atoms. The van der Waals surface area contributed by atoms with Gasteiger partial charge in [-0.05, 0) is 13.8 Å². The van der Waals surface area contributed by atoms with Crippen molar-refractivity contribution in [2.24, 2.45) is 0 Å². The zero-order valence-corrected chi connectivity index (χ0v) is 9.54. The lowest BCUT2D eigenvalue weighted by Crippen LogP contribution is -2.26. The summed E-state index contributed by atoms with van der Waals surface area (Å²) in [5.74, 6) is 0.0535. The van der Waals surface area contributed by atoms with E-state index in [1.54, 1.807) is 13.1 Å². The monoisotopic (exact) mass is 225 g/mol. The normalized spacial score (nSPS) is 10.2. The molecular weight excluding hydrogens is 210 g/mol. The van der Waals surface area contributed by atoms with Gasteiger partial charge in [-0.2, -0.15) is 0 Å². The molecule has 0 aliphatic rings. The predicted molar refractivity (Wildman–Crippen MR) is 58.7 cm³/mol. The SMILES string of the molecule is CC(C)Oc1cc(N(C)CC(=O)O)ncn1. The maximum absolute atomic E-state index is 10.5. The van der Waals surface area contributed by atoms with E-state index >= 15 is 0 Å². The Morgan fingerprint density at radius 2 is 2.25 bits per heavy atom. The Kier molecular flexibility index (Phi) is 4.04. The first-order valence-electron chi connectivity index (χ1n) is 4.90. The van der Waals surface area contributed by atoms with Gasteiger partial charge in [0.2, 0.25) is 5.88 Å². The summed E-state index contributed by atoms with van der Waals surface area (Å²) in [7, 11) is 1.65. The standard InChI is InChI=1S/C10H15N3O3/c1-7(2)16-9-4-8(11-6-12-9)13(3)5-10(14)15/h4,6-7H,5H2,1-3H3,(H,14,15). The number of likely N-dealkylation sites (N-methyl/N-ethyl adjacent to an activating group) is 1. The van der Waals surface area contributed by atoms with E-state index < -0.39 is 5.97 Å². The second kappa shape index (κ2) is 5.29. The number of nitrogens with zero attached hydrogens (tertiary/aromatic N) is 3. The number of aliphatic carboxylic acids is 1. The Hall–Kier alpha value is -1.85. The molecule has 1 N–H and O–H groups in total. The van der Waals surface area contributed by atoms with E-state index in [-0.39, 0.29) is 12.6 Å². The molecule has 0 bridgehead atoms. The van der Waals surface area contributed by atoms with E-state index in [2.05, 4.69) is 9.97 Å². The lowest BCUT2D eigenvalue weighted by molar-refractivity contribution is -0.135. The van der Waals surface area contributed by atoms with E-state index in [0.29, 0.717) is 11.7 Å². The first-order valence-corrected chi connectivity index (χ1v) is 4.90. The molecular formula is C10H15N3O3. The molecule has 0 saturated carbocycles. The number of hydrogen-bond donors (Lipinski definition) is 1. The van der Waals surface area contributed by atoms with Crippen molar-refractivity contribution in [2.75, 3.05) is 18.5 Å². The number of carbonyl (C=O) groups is 1.